The molecule has 3 aromatic carbocycles. The molecule has 7 heteroatoms. The second kappa shape index (κ2) is 10.1. The Kier molecular flexibility index (Phi) is 6.86. The van der Waals surface area contributed by atoms with Crippen LogP contribution in [0.2, 0.25) is 0 Å². The van der Waals surface area contributed by atoms with Crippen LogP contribution >= 0.6 is 23.6 Å². The van der Waals surface area contributed by atoms with Gasteiger partial charge in [0.1, 0.15) is 5.01 Å². The van der Waals surface area contributed by atoms with Crippen LogP contribution in [0.3, 0.4) is 0 Å². The van der Waals surface area contributed by atoms with Gasteiger partial charge in [0, 0.05) is 30.0 Å². The van der Waals surface area contributed by atoms with Crippen LogP contribution in [-0.2, 0) is 6.42 Å². The number of hydrogen-bond acceptors (Lipinski definition) is 5. The van der Waals surface area contributed by atoms with Crippen LogP contribution in [0.4, 0.5) is 22.2 Å². The molecule has 156 valence electrons. The maximum absolute atomic E-state index is 5.75. The Morgan fingerprint density at radius 3 is 2.19 bits per heavy atom. The molecule has 1 aromatic heterocycles. The van der Waals surface area contributed by atoms with E-state index in [1.54, 1.807) is 11.3 Å². The van der Waals surface area contributed by atoms with Gasteiger partial charge in [0.2, 0.25) is 5.13 Å². The van der Waals surface area contributed by atoms with Gasteiger partial charge in [-0.15, -0.1) is 10.2 Å². The first-order chi connectivity index (χ1) is 15.2. The van der Waals surface area contributed by atoms with Gasteiger partial charge in [0.25, 0.3) is 0 Å². The predicted molar refractivity (Wildman–Crippen MR) is 135 cm³/mol. The molecule has 1 heterocycles. The van der Waals surface area contributed by atoms with Crippen molar-refractivity contribution in [1.29, 1.82) is 0 Å². The molecule has 0 atom stereocenters. The van der Waals surface area contributed by atoms with E-state index < -0.39 is 0 Å². The van der Waals surface area contributed by atoms with Crippen molar-refractivity contribution in [2.45, 2.75) is 13.3 Å². The van der Waals surface area contributed by atoms with Gasteiger partial charge in [-0.2, -0.15) is 0 Å². The van der Waals surface area contributed by atoms with Crippen molar-refractivity contribution < 1.29 is 0 Å². The van der Waals surface area contributed by atoms with E-state index in [4.69, 9.17) is 12.2 Å². The van der Waals surface area contributed by atoms with Crippen molar-refractivity contribution in [1.82, 2.24) is 10.2 Å². The summed E-state index contributed by atoms with van der Waals surface area (Å²) in [5, 5.41) is 17.7. The highest BCUT2D eigenvalue weighted by Crippen LogP contribution is 2.23. The fourth-order valence-electron chi connectivity index (χ4n) is 3.04. The van der Waals surface area contributed by atoms with Crippen LogP contribution in [0.15, 0.2) is 84.9 Å². The second-order valence-corrected chi connectivity index (χ2v) is 8.47. The van der Waals surface area contributed by atoms with E-state index in [-0.39, 0.29) is 0 Å². The lowest BCUT2D eigenvalue weighted by Crippen LogP contribution is -2.36. The molecular weight excluding hydrogens is 422 g/mol. The first-order valence-electron chi connectivity index (χ1n) is 10.0. The molecule has 0 aliphatic rings. The summed E-state index contributed by atoms with van der Waals surface area (Å²) < 4.78 is 0. The molecule has 0 aliphatic carbocycles. The summed E-state index contributed by atoms with van der Waals surface area (Å²) >= 11 is 7.31. The zero-order valence-electron chi connectivity index (χ0n) is 17.2. The normalized spacial score (nSPS) is 10.5. The van der Waals surface area contributed by atoms with Gasteiger partial charge in [0.05, 0.1) is 0 Å². The third kappa shape index (κ3) is 5.87. The van der Waals surface area contributed by atoms with Gasteiger partial charge in [-0.05, 0) is 55.5 Å². The van der Waals surface area contributed by atoms with Crippen LogP contribution < -0.4 is 15.5 Å². The molecule has 0 unspecified atom stereocenters. The average molecular weight is 446 g/mol. The molecule has 0 bridgehead atoms. The second-order valence-electron chi connectivity index (χ2n) is 7.03. The number of thiocarbonyl (C=S) groups is 1. The third-order valence-electron chi connectivity index (χ3n) is 4.66. The minimum absolute atomic E-state index is 0.655. The highest BCUT2D eigenvalue weighted by Gasteiger charge is 2.14. The minimum Gasteiger partial charge on any atom is -0.332 e. The van der Waals surface area contributed by atoms with Crippen molar-refractivity contribution in [3.63, 3.8) is 0 Å². The number of nitrogens with zero attached hydrogens (tertiary/aromatic N) is 3. The third-order valence-corrected chi connectivity index (χ3v) is 5.88. The number of rotatable bonds is 7. The monoisotopic (exact) mass is 445 g/mol. The average Bonchev–Trinajstić information content (AvgIpc) is 3.23. The highest BCUT2D eigenvalue weighted by atomic mass is 32.1. The predicted octanol–water partition coefficient (Wildman–Crippen LogP) is 6.04. The molecule has 4 aromatic rings. The fourth-order valence-corrected chi connectivity index (χ4v) is 4.11. The number of hydrogen-bond donors (Lipinski definition) is 2. The summed E-state index contributed by atoms with van der Waals surface area (Å²) in [5.74, 6) is 0. The Morgan fingerprint density at radius 2 is 1.52 bits per heavy atom. The van der Waals surface area contributed by atoms with Crippen LogP contribution in [-0.4, -0.2) is 21.9 Å². The van der Waals surface area contributed by atoms with Crippen molar-refractivity contribution in [3.8, 4) is 0 Å². The molecule has 0 saturated heterocycles. The Morgan fingerprint density at radius 1 is 0.871 bits per heavy atom. The Hall–Kier alpha value is -3.29. The number of para-hydroxylation sites is 2. The van der Waals surface area contributed by atoms with E-state index >= 15 is 0 Å². The topological polar surface area (TPSA) is 53.1 Å². The number of aryl methyl sites for hydroxylation is 1. The molecule has 0 spiro atoms. The van der Waals surface area contributed by atoms with E-state index in [0.29, 0.717) is 11.7 Å². The van der Waals surface area contributed by atoms with Crippen LogP contribution in [0.25, 0.3) is 0 Å². The number of aromatic nitrogens is 2. The lowest BCUT2D eigenvalue weighted by Gasteiger charge is -2.26. The molecule has 4 rings (SSSR count). The summed E-state index contributed by atoms with van der Waals surface area (Å²) in [4.78, 5) is 2.10. The summed E-state index contributed by atoms with van der Waals surface area (Å²) in [5.41, 5.74) is 4.23. The van der Waals surface area contributed by atoms with Gasteiger partial charge >= 0.3 is 0 Å². The highest BCUT2D eigenvalue weighted by molar-refractivity contribution is 7.80. The fraction of sp³-hybridized carbons (Fsp3) is 0.125. The molecule has 2 N–H and O–H groups in total. The lowest BCUT2D eigenvalue weighted by atomic mass is 10.2. The molecule has 0 fully saturated rings. The van der Waals surface area contributed by atoms with Gasteiger partial charge in [-0.25, -0.2) is 0 Å². The van der Waals surface area contributed by atoms with Crippen molar-refractivity contribution in [3.05, 3.63) is 95.5 Å². The molecule has 31 heavy (non-hydrogen) atoms. The Bertz CT molecular complexity index is 1110. The SMILES string of the molecule is Cc1ccc(N(CCc2nnc(Nc3ccccc3)s2)C(=S)Nc2ccccc2)cc1. The quantitative estimate of drug-likeness (QED) is 0.339. The first kappa shape index (κ1) is 21.0. The van der Waals surface area contributed by atoms with Gasteiger partial charge in [-0.1, -0.05) is 65.4 Å². The molecular formula is C24H23N5S2. The first-order valence-corrected chi connectivity index (χ1v) is 11.2. The summed E-state index contributed by atoms with van der Waals surface area (Å²) in [7, 11) is 0. The van der Waals surface area contributed by atoms with Gasteiger partial charge in [-0.3, -0.25) is 0 Å². The van der Waals surface area contributed by atoms with E-state index in [1.165, 1.54) is 5.56 Å². The molecule has 0 amide bonds. The van der Waals surface area contributed by atoms with Gasteiger partial charge < -0.3 is 15.5 Å². The molecule has 0 radical (unpaired) electrons. The van der Waals surface area contributed by atoms with E-state index in [1.807, 2.05) is 60.7 Å². The van der Waals surface area contributed by atoms with E-state index in [9.17, 15) is 0 Å². The maximum atomic E-state index is 5.75. The summed E-state index contributed by atoms with van der Waals surface area (Å²) in [6.45, 7) is 2.78. The van der Waals surface area contributed by atoms with Crippen LogP contribution in [0.1, 0.15) is 10.6 Å². The van der Waals surface area contributed by atoms with E-state index in [2.05, 4.69) is 56.9 Å². The van der Waals surface area contributed by atoms with Crippen molar-refractivity contribution in [2.24, 2.45) is 0 Å². The number of anilines is 4. The summed E-state index contributed by atoms with van der Waals surface area (Å²) in [6.07, 6.45) is 0.735. The summed E-state index contributed by atoms with van der Waals surface area (Å²) in [6, 6.07) is 28.3. The number of benzene rings is 3. The standard InChI is InChI=1S/C24H23N5S2/c1-18-12-14-21(15-13-18)29(24(30)26-20-10-6-3-7-11-20)17-16-22-27-28-23(31-22)25-19-8-4-2-5-9-19/h2-15H,16-17H2,1H3,(H,25,28)(H,26,30). The van der Waals surface area contributed by atoms with Crippen LogP contribution in [0, 0.1) is 6.92 Å². The minimum atomic E-state index is 0.655. The Labute approximate surface area is 191 Å². The zero-order chi connectivity index (χ0) is 21.5. The molecule has 5 nitrogen and oxygen atoms in total. The van der Waals surface area contributed by atoms with Crippen molar-refractivity contribution in [2.75, 3.05) is 22.1 Å². The molecule has 0 saturated carbocycles. The van der Waals surface area contributed by atoms with Crippen LogP contribution in [0.5, 0.6) is 0 Å². The maximum Gasteiger partial charge on any atom is 0.210 e. The smallest absolute Gasteiger partial charge is 0.210 e. The van der Waals surface area contributed by atoms with Gasteiger partial charge in [0.15, 0.2) is 5.11 Å². The number of nitrogens with one attached hydrogen (secondary N) is 2. The van der Waals surface area contributed by atoms with E-state index in [0.717, 1.165) is 33.6 Å². The lowest BCUT2D eigenvalue weighted by molar-refractivity contribution is 0.896. The zero-order valence-corrected chi connectivity index (χ0v) is 18.8. The Balaban J connectivity index is 1.46. The van der Waals surface area contributed by atoms with Crippen molar-refractivity contribution >= 4 is 50.9 Å². The largest absolute Gasteiger partial charge is 0.332 e. The molecule has 0 aliphatic heterocycles.